The molecule has 0 aromatic heterocycles. The van der Waals surface area contributed by atoms with Crippen LogP contribution in [0.2, 0.25) is 0 Å². The van der Waals surface area contributed by atoms with Gasteiger partial charge in [-0.05, 0) is 85.7 Å². The third-order valence-electron chi connectivity index (χ3n) is 10.2. The summed E-state index contributed by atoms with van der Waals surface area (Å²) in [6.45, 7) is 19.7. The highest BCUT2D eigenvalue weighted by Gasteiger charge is 2.38. The first-order valence-electron chi connectivity index (χ1n) is 19.2. The average Bonchev–Trinajstić information content (AvgIpc) is 3.19. The summed E-state index contributed by atoms with van der Waals surface area (Å²) in [6, 6.07) is 38.8. The fourth-order valence-electron chi connectivity index (χ4n) is 7.02. The van der Waals surface area contributed by atoms with Crippen molar-refractivity contribution in [2.45, 2.75) is 57.9 Å². The van der Waals surface area contributed by atoms with Crippen molar-refractivity contribution in [1.82, 2.24) is 20.0 Å². The molecule has 9 heteroatoms. The van der Waals surface area contributed by atoms with E-state index in [0.29, 0.717) is 6.04 Å². The Morgan fingerprint density at radius 1 is 0.698 bits per heavy atom. The Balaban J connectivity index is 1.45. The minimum Gasteiger partial charge on any atom is -0.480 e. The van der Waals surface area contributed by atoms with Crippen LogP contribution in [-0.2, 0) is 16.0 Å². The highest BCUT2D eigenvalue weighted by molar-refractivity contribution is 8.00. The fourth-order valence-corrected chi connectivity index (χ4v) is 8.83. The predicted molar refractivity (Wildman–Crippen MR) is 229 cm³/mol. The molecule has 2 atom stereocenters. The number of anilines is 1. The number of aliphatic carboxylic acids is 1. The van der Waals surface area contributed by atoms with E-state index >= 15 is 0 Å². The van der Waals surface area contributed by atoms with Crippen LogP contribution >= 0.6 is 24.0 Å². The van der Waals surface area contributed by atoms with Crippen molar-refractivity contribution >= 4 is 40.7 Å². The Bertz CT molecular complexity index is 1540. The molecule has 0 bridgehead atoms. The van der Waals surface area contributed by atoms with Gasteiger partial charge in [-0.15, -0.1) is 11.8 Å². The number of nitrogens with one attached hydrogen (secondary N) is 2. The SMILES string of the molecule is CCN(CC)CCN(CC)CC(Cc1ccc(NC(=S)NC(CSC(c2ccccc2)(c2ccccc2)c2ccccc2)C(=O)O)cc1)N(CC)CC. The molecular formula is C44H59N5O2S2. The van der Waals surface area contributed by atoms with E-state index in [-0.39, 0.29) is 10.9 Å². The largest absolute Gasteiger partial charge is 0.480 e. The molecule has 4 rings (SSSR count). The number of carbonyl (C=O) groups is 1. The summed E-state index contributed by atoms with van der Waals surface area (Å²) in [6.07, 6.45) is 0.955. The van der Waals surface area contributed by atoms with E-state index in [1.807, 2.05) is 66.7 Å². The Labute approximate surface area is 328 Å². The van der Waals surface area contributed by atoms with Crippen LogP contribution in [0.15, 0.2) is 115 Å². The second-order valence-electron chi connectivity index (χ2n) is 13.3. The number of benzene rings is 4. The summed E-state index contributed by atoms with van der Waals surface area (Å²) < 4.78 is -0.632. The second-order valence-corrected chi connectivity index (χ2v) is 14.9. The molecular weight excluding hydrogens is 695 g/mol. The number of carboxylic acid groups (broad SMARTS) is 1. The van der Waals surface area contributed by atoms with Crippen LogP contribution < -0.4 is 10.6 Å². The van der Waals surface area contributed by atoms with Gasteiger partial charge in [0.05, 0.1) is 4.75 Å². The standard InChI is InChI=1S/C44H59N5O2S2/c1-6-47(7-2)30-31-48(8-3)33-40(49(9-4)10-5)32-35-26-28-39(29-27-35)45-43(52)46-41(42(50)51)34-53-44(36-20-14-11-15-21-36,37-22-16-12-17-23-37)38-24-18-13-19-25-38/h11-29,40-41H,6-10,30-34H2,1-5H3,(H,50,51)(H2,45,46,52). The lowest BCUT2D eigenvalue weighted by Crippen LogP contribution is -2.47. The highest BCUT2D eigenvalue weighted by Crippen LogP contribution is 2.48. The van der Waals surface area contributed by atoms with Gasteiger partial charge in [-0.25, -0.2) is 4.79 Å². The van der Waals surface area contributed by atoms with E-state index in [1.54, 1.807) is 11.8 Å². The number of likely N-dealkylation sites (N-methyl/N-ethyl adjacent to an activating group) is 3. The van der Waals surface area contributed by atoms with Crippen molar-refractivity contribution in [2.75, 3.05) is 63.4 Å². The number of thioether (sulfide) groups is 1. The molecule has 0 fully saturated rings. The Morgan fingerprint density at radius 2 is 1.17 bits per heavy atom. The molecule has 0 aliphatic carbocycles. The summed E-state index contributed by atoms with van der Waals surface area (Å²) in [4.78, 5) is 20.3. The van der Waals surface area contributed by atoms with Gasteiger partial charge in [0.15, 0.2) is 5.11 Å². The summed E-state index contributed by atoms with van der Waals surface area (Å²) in [7, 11) is 0. The first kappa shape index (κ1) is 42.0. The third-order valence-corrected chi connectivity index (χ3v) is 12.0. The monoisotopic (exact) mass is 753 g/mol. The van der Waals surface area contributed by atoms with Crippen LogP contribution in [0.25, 0.3) is 0 Å². The summed E-state index contributed by atoms with van der Waals surface area (Å²) >= 11 is 7.30. The quantitative estimate of drug-likeness (QED) is 0.0546. The van der Waals surface area contributed by atoms with Gasteiger partial charge in [-0.2, -0.15) is 0 Å². The van der Waals surface area contributed by atoms with Crippen LogP contribution in [0, 0.1) is 0 Å². The van der Waals surface area contributed by atoms with Gasteiger partial charge in [-0.1, -0.05) is 138 Å². The molecule has 0 saturated heterocycles. The van der Waals surface area contributed by atoms with E-state index in [9.17, 15) is 9.90 Å². The zero-order valence-corrected chi connectivity index (χ0v) is 33.8. The van der Waals surface area contributed by atoms with Crippen molar-refractivity contribution in [3.63, 3.8) is 0 Å². The molecule has 3 N–H and O–H groups in total. The third kappa shape index (κ3) is 11.9. The van der Waals surface area contributed by atoms with Crippen LogP contribution in [-0.4, -0.2) is 101 Å². The number of hydrogen-bond donors (Lipinski definition) is 3. The molecule has 2 unspecified atom stereocenters. The lowest BCUT2D eigenvalue weighted by atomic mass is 9.84. The maximum absolute atomic E-state index is 12.7. The smallest absolute Gasteiger partial charge is 0.327 e. The number of hydrogen-bond acceptors (Lipinski definition) is 6. The van der Waals surface area contributed by atoms with Crippen molar-refractivity contribution < 1.29 is 9.90 Å². The maximum Gasteiger partial charge on any atom is 0.327 e. The van der Waals surface area contributed by atoms with Gasteiger partial charge in [0.2, 0.25) is 0 Å². The fraction of sp³-hybridized carbons (Fsp3) is 0.409. The number of rotatable bonds is 22. The minimum absolute atomic E-state index is 0.269. The van der Waals surface area contributed by atoms with Crippen molar-refractivity contribution in [3.8, 4) is 0 Å². The van der Waals surface area contributed by atoms with Gasteiger partial charge >= 0.3 is 5.97 Å². The normalized spacial score (nSPS) is 12.9. The zero-order chi connectivity index (χ0) is 38.1. The molecule has 284 valence electrons. The van der Waals surface area contributed by atoms with Crippen molar-refractivity contribution in [2.24, 2.45) is 0 Å². The number of carboxylic acids is 1. The van der Waals surface area contributed by atoms with Crippen LogP contribution in [0.3, 0.4) is 0 Å². The Kier molecular flexibility index (Phi) is 17.3. The van der Waals surface area contributed by atoms with Crippen LogP contribution in [0.4, 0.5) is 5.69 Å². The van der Waals surface area contributed by atoms with E-state index in [0.717, 1.165) is 81.2 Å². The first-order valence-corrected chi connectivity index (χ1v) is 20.6. The molecule has 53 heavy (non-hydrogen) atoms. The summed E-state index contributed by atoms with van der Waals surface area (Å²) in [5.41, 5.74) is 5.34. The second kappa shape index (κ2) is 21.8. The first-order chi connectivity index (χ1) is 25.8. The number of nitrogens with zero attached hydrogens (tertiary/aromatic N) is 3. The lowest BCUT2D eigenvalue weighted by Gasteiger charge is -2.36. The van der Waals surface area contributed by atoms with Crippen molar-refractivity contribution in [3.05, 3.63) is 138 Å². The number of thiocarbonyl (C=S) groups is 1. The molecule has 0 radical (unpaired) electrons. The van der Waals surface area contributed by atoms with Gasteiger partial charge in [0.1, 0.15) is 6.04 Å². The van der Waals surface area contributed by atoms with Gasteiger partial charge in [0, 0.05) is 37.1 Å². The maximum atomic E-state index is 12.7. The molecule has 0 spiro atoms. The molecule has 4 aromatic rings. The molecule has 0 aliphatic heterocycles. The predicted octanol–water partition coefficient (Wildman–Crippen LogP) is 8.07. The minimum atomic E-state index is -0.958. The lowest BCUT2D eigenvalue weighted by molar-refractivity contribution is -0.138. The van der Waals surface area contributed by atoms with E-state index < -0.39 is 16.8 Å². The topological polar surface area (TPSA) is 71.1 Å². The molecule has 7 nitrogen and oxygen atoms in total. The molecule has 0 heterocycles. The van der Waals surface area contributed by atoms with E-state index in [1.165, 1.54) is 5.56 Å². The van der Waals surface area contributed by atoms with Crippen LogP contribution in [0.1, 0.15) is 56.9 Å². The average molecular weight is 754 g/mol. The molecule has 0 amide bonds. The molecule has 0 aliphatic rings. The van der Waals surface area contributed by atoms with Crippen LogP contribution in [0.5, 0.6) is 0 Å². The van der Waals surface area contributed by atoms with Gasteiger partial charge in [0.25, 0.3) is 0 Å². The van der Waals surface area contributed by atoms with Crippen molar-refractivity contribution in [1.29, 1.82) is 0 Å². The van der Waals surface area contributed by atoms with Gasteiger partial charge < -0.3 is 25.5 Å². The zero-order valence-electron chi connectivity index (χ0n) is 32.2. The highest BCUT2D eigenvalue weighted by atomic mass is 32.2. The van der Waals surface area contributed by atoms with E-state index in [4.69, 9.17) is 12.2 Å². The van der Waals surface area contributed by atoms with E-state index in [2.05, 4.69) is 108 Å². The summed E-state index contributed by atoms with van der Waals surface area (Å²) in [5, 5.41) is 17.0. The Hall–Kier alpha value is -3.73. The van der Waals surface area contributed by atoms with Gasteiger partial charge in [-0.3, -0.25) is 4.90 Å². The molecule has 4 aromatic carbocycles. The Morgan fingerprint density at radius 3 is 1.60 bits per heavy atom. The molecule has 0 saturated carbocycles. The summed E-state index contributed by atoms with van der Waals surface area (Å²) in [5.74, 6) is -0.689.